The van der Waals surface area contributed by atoms with Gasteiger partial charge in [-0.2, -0.15) is 0 Å². The van der Waals surface area contributed by atoms with Crippen molar-refractivity contribution in [3.05, 3.63) is 230 Å². The molecule has 0 radical (unpaired) electrons. The molecule has 14 rings (SSSR count). The van der Waals surface area contributed by atoms with Gasteiger partial charge in [0.05, 0.1) is 27.8 Å². The van der Waals surface area contributed by atoms with Crippen molar-refractivity contribution in [1.29, 1.82) is 0 Å². The third-order valence-electron chi connectivity index (χ3n) is 18.1. The quantitative estimate of drug-likeness (QED) is 0.100. The number of aryl methyl sites for hydroxylation is 1. The molecule has 0 fully saturated rings. The smallest absolute Gasteiger partial charge is 0.249 e. The predicted octanol–water partition coefficient (Wildman–Crippen LogP) is 19.7. The average molecular weight is 1080 g/mol. The number of rotatable bonds is 10. The van der Waals surface area contributed by atoms with Crippen LogP contribution in [0.5, 0.6) is 0 Å². The lowest BCUT2D eigenvalue weighted by atomic mass is 9.34. The number of unbranched alkanes of at least 4 members (excludes halogenated alkanes) is 1. The molecule has 0 atom stereocenters. The zero-order valence-electron chi connectivity index (χ0n) is 49.0. The SMILES string of the molecule is CC(C)(C)c1cc(-c2ccccc2)c(N2c3cc(-n4c5ccccc5c5ccccc54)ccc3B3c4ccc(-n5c6ccccc6c6ccccc65)cc4Sc4cc(CCCCC(C(C)(C)C)C(C)(C)C)cc2c43)c(-c2ccccc2)c1. The van der Waals surface area contributed by atoms with Crippen LogP contribution in [-0.2, 0) is 11.8 Å². The monoisotopic (exact) mass is 1080 g/mol. The first-order valence-electron chi connectivity index (χ1n) is 29.8. The minimum atomic E-state index is -0.114. The molecule has 0 saturated heterocycles. The molecule has 82 heavy (non-hydrogen) atoms. The van der Waals surface area contributed by atoms with Gasteiger partial charge in [0.2, 0.25) is 6.71 Å². The Hall–Kier alpha value is -7.99. The fraction of sp³-hybridized carbons (Fsp3) is 0.221. The normalized spacial score (nSPS) is 13.4. The molecule has 0 unspecified atom stereocenters. The van der Waals surface area contributed by atoms with Crippen LogP contribution in [0.1, 0.15) is 92.7 Å². The standard InChI is InChI=1S/C77H72BN3S/c1-75(2,3)53-46-60(51-27-12-10-13-28-51)74(61(47-53)52-29-14-11-15-30-52)81-68-48-54(79-64-35-21-17-31-56(64)57-32-18-22-36-65(57)79)40-42-62(68)78-63-43-41-55(80-66-37-23-19-33-58(66)59-34-20-24-38-67(59)80)49-70(63)82-71-45-50(44-69(81)73(71)78)26-16-25-39-72(76(4,5)6)77(7,8)9/h10-15,17-24,27-38,40-49,72H,16,25-26,39H2,1-9H3. The van der Waals surface area contributed by atoms with E-state index in [9.17, 15) is 0 Å². The Balaban J connectivity index is 1.05. The first-order chi connectivity index (χ1) is 39.6. The summed E-state index contributed by atoms with van der Waals surface area (Å²) in [5, 5.41) is 5.08. The second kappa shape index (κ2) is 19.9. The van der Waals surface area contributed by atoms with E-state index in [0.29, 0.717) is 5.92 Å². The van der Waals surface area contributed by atoms with E-state index in [1.165, 1.54) is 139 Å². The lowest BCUT2D eigenvalue weighted by molar-refractivity contribution is 0.0901. The van der Waals surface area contributed by atoms with Crippen LogP contribution in [0.25, 0.3) is 77.2 Å². The Bertz CT molecular complexity index is 4270. The molecule has 4 heterocycles. The molecule has 0 bridgehead atoms. The van der Waals surface area contributed by atoms with Crippen LogP contribution in [0.3, 0.4) is 0 Å². The van der Waals surface area contributed by atoms with E-state index in [0.717, 1.165) is 18.5 Å². The lowest BCUT2D eigenvalue weighted by Gasteiger charge is -2.42. The minimum absolute atomic E-state index is 0.0190. The van der Waals surface area contributed by atoms with Crippen molar-refractivity contribution in [3.63, 3.8) is 0 Å². The highest BCUT2D eigenvalue weighted by molar-refractivity contribution is 8.00. The zero-order valence-corrected chi connectivity index (χ0v) is 49.8. The van der Waals surface area contributed by atoms with E-state index in [1.807, 2.05) is 11.8 Å². The summed E-state index contributed by atoms with van der Waals surface area (Å²) >= 11 is 1.98. The van der Waals surface area contributed by atoms with Gasteiger partial charge >= 0.3 is 0 Å². The summed E-state index contributed by atoms with van der Waals surface area (Å²) in [6, 6.07) is 83.1. The molecule has 404 valence electrons. The molecule has 2 aromatic heterocycles. The van der Waals surface area contributed by atoms with Crippen molar-refractivity contribution in [2.45, 2.75) is 103 Å². The maximum Gasteiger partial charge on any atom is 0.249 e. The van der Waals surface area contributed by atoms with E-state index < -0.39 is 0 Å². The van der Waals surface area contributed by atoms with Gasteiger partial charge in [-0.25, -0.2) is 0 Å². The highest BCUT2D eigenvalue weighted by atomic mass is 32.2. The van der Waals surface area contributed by atoms with Gasteiger partial charge in [-0.1, -0.05) is 232 Å². The zero-order chi connectivity index (χ0) is 56.2. The largest absolute Gasteiger partial charge is 0.310 e. The number of hydrogen-bond acceptors (Lipinski definition) is 2. The third kappa shape index (κ3) is 8.81. The van der Waals surface area contributed by atoms with Gasteiger partial charge in [0.15, 0.2) is 0 Å². The molecule has 10 aromatic carbocycles. The van der Waals surface area contributed by atoms with Gasteiger partial charge in [0.25, 0.3) is 0 Å². The minimum Gasteiger partial charge on any atom is -0.310 e. The molecule has 2 aliphatic heterocycles. The van der Waals surface area contributed by atoms with E-state index in [4.69, 9.17) is 0 Å². The Morgan fingerprint density at radius 1 is 0.427 bits per heavy atom. The second-order valence-corrected chi connectivity index (χ2v) is 27.6. The number of anilines is 3. The van der Waals surface area contributed by atoms with Crippen LogP contribution in [-0.4, -0.2) is 15.8 Å². The summed E-state index contributed by atoms with van der Waals surface area (Å²) < 4.78 is 4.99. The van der Waals surface area contributed by atoms with Gasteiger partial charge in [-0.15, -0.1) is 0 Å². The maximum absolute atomic E-state index is 2.73. The highest BCUT2D eigenvalue weighted by Gasteiger charge is 2.43. The van der Waals surface area contributed by atoms with E-state index >= 15 is 0 Å². The van der Waals surface area contributed by atoms with Crippen molar-refractivity contribution in [2.75, 3.05) is 4.90 Å². The first-order valence-corrected chi connectivity index (χ1v) is 30.6. The Kier molecular flexibility index (Phi) is 12.6. The molecule has 0 amide bonds. The fourth-order valence-electron chi connectivity index (χ4n) is 14.7. The number of benzene rings is 10. The number of fused-ring (bicyclic) bond motifs is 10. The summed E-state index contributed by atoms with van der Waals surface area (Å²) in [7, 11) is 0. The van der Waals surface area contributed by atoms with Crippen LogP contribution in [0.2, 0.25) is 0 Å². The molecular weight excluding hydrogens is 1010 g/mol. The van der Waals surface area contributed by atoms with Crippen molar-refractivity contribution in [1.82, 2.24) is 9.13 Å². The maximum atomic E-state index is 2.73. The fourth-order valence-corrected chi connectivity index (χ4v) is 15.9. The molecule has 0 N–H and O–H groups in total. The predicted molar refractivity (Wildman–Crippen MR) is 355 cm³/mol. The van der Waals surface area contributed by atoms with Gasteiger partial charge < -0.3 is 14.0 Å². The molecule has 5 heteroatoms. The van der Waals surface area contributed by atoms with E-state index in [-0.39, 0.29) is 23.0 Å². The molecule has 2 aliphatic rings. The number of hydrogen-bond donors (Lipinski definition) is 0. The van der Waals surface area contributed by atoms with Crippen molar-refractivity contribution in [2.24, 2.45) is 16.7 Å². The van der Waals surface area contributed by atoms with Crippen LogP contribution >= 0.6 is 11.8 Å². The van der Waals surface area contributed by atoms with Gasteiger partial charge in [-0.3, -0.25) is 0 Å². The van der Waals surface area contributed by atoms with Gasteiger partial charge in [0, 0.05) is 65.2 Å². The van der Waals surface area contributed by atoms with E-state index in [2.05, 4.69) is 295 Å². The summed E-state index contributed by atoms with van der Waals surface area (Å²) in [4.78, 5) is 5.40. The van der Waals surface area contributed by atoms with Crippen molar-refractivity contribution >= 4 is 95.5 Å². The lowest BCUT2D eigenvalue weighted by Crippen LogP contribution is -2.60. The Morgan fingerprint density at radius 3 is 1.38 bits per heavy atom. The van der Waals surface area contributed by atoms with Crippen LogP contribution in [0.4, 0.5) is 17.1 Å². The topological polar surface area (TPSA) is 13.1 Å². The van der Waals surface area contributed by atoms with Crippen LogP contribution in [0, 0.1) is 16.7 Å². The van der Waals surface area contributed by atoms with E-state index in [1.54, 1.807) is 0 Å². The second-order valence-electron chi connectivity index (χ2n) is 26.5. The Morgan fingerprint density at radius 2 is 0.890 bits per heavy atom. The van der Waals surface area contributed by atoms with Crippen LogP contribution in [0.15, 0.2) is 228 Å². The molecule has 0 aliphatic carbocycles. The molecular formula is C77H72BN3S. The number of nitrogens with zero attached hydrogens (tertiary/aromatic N) is 3. The number of aromatic nitrogens is 2. The van der Waals surface area contributed by atoms with Gasteiger partial charge in [0.1, 0.15) is 0 Å². The summed E-state index contributed by atoms with van der Waals surface area (Å²) in [5.41, 5.74) is 22.9. The van der Waals surface area contributed by atoms with Crippen molar-refractivity contribution < 1.29 is 0 Å². The molecule has 0 saturated carbocycles. The van der Waals surface area contributed by atoms with Crippen molar-refractivity contribution in [3.8, 4) is 33.6 Å². The molecule has 3 nitrogen and oxygen atoms in total. The third-order valence-corrected chi connectivity index (χ3v) is 19.3. The summed E-state index contributed by atoms with van der Waals surface area (Å²) in [6.45, 7) is 21.7. The number of para-hydroxylation sites is 4. The first kappa shape index (κ1) is 52.1. The summed E-state index contributed by atoms with van der Waals surface area (Å²) in [6.07, 6.45) is 4.53. The average Bonchev–Trinajstić information content (AvgIpc) is 3.88. The molecule has 0 spiro atoms. The molecule has 12 aromatic rings. The Labute approximate surface area is 489 Å². The highest BCUT2D eigenvalue weighted by Crippen LogP contribution is 2.52. The van der Waals surface area contributed by atoms with Gasteiger partial charge in [-0.05, 0) is 147 Å². The summed E-state index contributed by atoms with van der Waals surface area (Å²) in [5.74, 6) is 0.612. The van der Waals surface area contributed by atoms with Crippen LogP contribution < -0.4 is 21.3 Å².